The number of amides is 1. The zero-order valence-electron chi connectivity index (χ0n) is 13.2. The van der Waals surface area contributed by atoms with Crippen molar-refractivity contribution in [3.63, 3.8) is 0 Å². The molecule has 5 nitrogen and oxygen atoms in total. The summed E-state index contributed by atoms with van der Waals surface area (Å²) in [5.41, 5.74) is 0. The van der Waals surface area contributed by atoms with Crippen LogP contribution >= 0.6 is 0 Å². The van der Waals surface area contributed by atoms with E-state index in [4.69, 9.17) is 9.47 Å². The Hall–Kier alpha value is -0.650. The van der Waals surface area contributed by atoms with Crippen LogP contribution in [0.5, 0.6) is 0 Å². The first-order valence-electron chi connectivity index (χ1n) is 7.69. The summed E-state index contributed by atoms with van der Waals surface area (Å²) in [6, 6.07) is 0.608. The molecule has 1 aliphatic heterocycles. The second-order valence-electron chi connectivity index (χ2n) is 5.57. The van der Waals surface area contributed by atoms with Crippen LogP contribution in [-0.2, 0) is 14.3 Å². The van der Waals surface area contributed by atoms with Gasteiger partial charge in [0.1, 0.15) is 0 Å². The molecule has 1 rings (SSSR count). The molecule has 1 amide bonds. The number of hydrogen-bond donors (Lipinski definition) is 1. The first-order valence-corrected chi connectivity index (χ1v) is 7.69. The molecule has 0 aliphatic carbocycles. The predicted octanol–water partition coefficient (Wildman–Crippen LogP) is 1.42. The van der Waals surface area contributed by atoms with Gasteiger partial charge in [-0.3, -0.25) is 4.79 Å². The molecule has 1 aliphatic rings. The van der Waals surface area contributed by atoms with Crippen LogP contribution in [0.15, 0.2) is 0 Å². The average molecular weight is 286 g/mol. The number of nitrogens with one attached hydrogen (secondary N) is 1. The lowest BCUT2D eigenvalue weighted by molar-refractivity contribution is -0.135. The molecule has 1 N–H and O–H groups in total. The first-order chi connectivity index (χ1) is 9.69. The van der Waals surface area contributed by atoms with E-state index in [1.165, 1.54) is 19.3 Å². The van der Waals surface area contributed by atoms with Crippen LogP contribution < -0.4 is 5.32 Å². The van der Waals surface area contributed by atoms with Crippen LogP contribution in [0.3, 0.4) is 0 Å². The molecule has 2 atom stereocenters. The number of carbonyl (C=O) groups is 1. The lowest BCUT2D eigenvalue weighted by atomic mass is 10.00. The van der Waals surface area contributed by atoms with E-state index in [1.807, 2.05) is 11.8 Å². The smallest absolute Gasteiger partial charge is 0.223 e. The third-order valence-electron chi connectivity index (χ3n) is 3.92. The van der Waals surface area contributed by atoms with E-state index >= 15 is 0 Å². The van der Waals surface area contributed by atoms with Gasteiger partial charge in [0, 0.05) is 33.2 Å². The maximum atomic E-state index is 12.4. The number of piperidine rings is 1. The fourth-order valence-corrected chi connectivity index (χ4v) is 2.72. The second-order valence-corrected chi connectivity index (χ2v) is 5.57. The monoisotopic (exact) mass is 286 g/mol. The Morgan fingerprint density at radius 3 is 2.75 bits per heavy atom. The number of rotatable bonds is 9. The van der Waals surface area contributed by atoms with Gasteiger partial charge < -0.3 is 19.7 Å². The molecule has 118 valence electrons. The van der Waals surface area contributed by atoms with E-state index in [9.17, 15) is 4.79 Å². The molecule has 0 aromatic carbocycles. The van der Waals surface area contributed by atoms with Gasteiger partial charge in [-0.05, 0) is 32.7 Å². The lowest BCUT2D eigenvalue weighted by Gasteiger charge is -2.30. The SMILES string of the molecule is COCCN(C(=O)CCC1CCCCN1)C(C)COC. The Balaban J connectivity index is 2.40. The minimum Gasteiger partial charge on any atom is -0.383 e. The molecule has 1 saturated heterocycles. The van der Waals surface area contributed by atoms with Crippen LogP contribution in [0.25, 0.3) is 0 Å². The van der Waals surface area contributed by atoms with E-state index in [1.54, 1.807) is 14.2 Å². The van der Waals surface area contributed by atoms with Gasteiger partial charge in [-0.2, -0.15) is 0 Å². The van der Waals surface area contributed by atoms with E-state index in [0.717, 1.165) is 13.0 Å². The van der Waals surface area contributed by atoms with Crippen LogP contribution in [-0.4, -0.2) is 63.4 Å². The summed E-state index contributed by atoms with van der Waals surface area (Å²) in [6.45, 7) is 4.89. The third kappa shape index (κ3) is 6.20. The standard InChI is InChI=1S/C15H30N2O3/c1-13(12-20-3)17(10-11-19-2)15(18)8-7-14-6-4-5-9-16-14/h13-14,16H,4-12H2,1-3H3. The van der Waals surface area contributed by atoms with Gasteiger partial charge in [-0.1, -0.05) is 6.42 Å². The van der Waals surface area contributed by atoms with Gasteiger partial charge in [-0.15, -0.1) is 0 Å². The molecular formula is C15H30N2O3. The lowest BCUT2D eigenvalue weighted by Crippen LogP contribution is -2.43. The van der Waals surface area contributed by atoms with E-state index in [2.05, 4.69) is 5.32 Å². The molecule has 2 unspecified atom stereocenters. The van der Waals surface area contributed by atoms with Gasteiger partial charge in [-0.25, -0.2) is 0 Å². The maximum absolute atomic E-state index is 12.4. The molecule has 5 heteroatoms. The van der Waals surface area contributed by atoms with Gasteiger partial charge in [0.25, 0.3) is 0 Å². The van der Waals surface area contributed by atoms with Crippen LogP contribution in [0, 0.1) is 0 Å². The first kappa shape index (κ1) is 17.4. The van der Waals surface area contributed by atoms with Gasteiger partial charge in [0.2, 0.25) is 5.91 Å². The number of ether oxygens (including phenoxy) is 2. The van der Waals surface area contributed by atoms with Crippen molar-refractivity contribution in [1.82, 2.24) is 10.2 Å². The van der Waals surface area contributed by atoms with Gasteiger partial charge in [0.15, 0.2) is 0 Å². The highest BCUT2D eigenvalue weighted by molar-refractivity contribution is 5.76. The zero-order valence-corrected chi connectivity index (χ0v) is 13.2. The summed E-state index contributed by atoms with van der Waals surface area (Å²) in [7, 11) is 3.33. The molecule has 1 fully saturated rings. The summed E-state index contributed by atoms with van der Waals surface area (Å²) in [4.78, 5) is 14.3. The molecule has 0 aromatic rings. The van der Waals surface area contributed by atoms with Crippen molar-refractivity contribution in [2.75, 3.05) is 40.5 Å². The molecule has 0 aromatic heterocycles. The van der Waals surface area contributed by atoms with E-state index in [-0.39, 0.29) is 11.9 Å². The minimum absolute atomic E-state index is 0.0990. The Kier molecular flexibility index (Phi) is 8.82. The van der Waals surface area contributed by atoms with Gasteiger partial charge >= 0.3 is 0 Å². The van der Waals surface area contributed by atoms with Crippen molar-refractivity contribution < 1.29 is 14.3 Å². The highest BCUT2D eigenvalue weighted by atomic mass is 16.5. The molecule has 0 radical (unpaired) electrons. The van der Waals surface area contributed by atoms with Crippen molar-refractivity contribution in [3.8, 4) is 0 Å². The summed E-state index contributed by atoms with van der Waals surface area (Å²) >= 11 is 0. The molecule has 1 heterocycles. The van der Waals surface area contributed by atoms with Crippen LogP contribution in [0.2, 0.25) is 0 Å². The fraction of sp³-hybridized carbons (Fsp3) is 0.933. The number of hydrogen-bond acceptors (Lipinski definition) is 4. The summed E-state index contributed by atoms with van der Waals surface area (Å²) < 4.78 is 10.3. The summed E-state index contributed by atoms with van der Waals surface area (Å²) in [6.07, 6.45) is 5.27. The maximum Gasteiger partial charge on any atom is 0.223 e. The second kappa shape index (κ2) is 10.1. The van der Waals surface area contributed by atoms with Gasteiger partial charge in [0.05, 0.1) is 19.3 Å². The highest BCUT2D eigenvalue weighted by Crippen LogP contribution is 2.13. The Morgan fingerprint density at radius 1 is 1.35 bits per heavy atom. The topological polar surface area (TPSA) is 50.8 Å². The number of methoxy groups -OCH3 is 2. The molecular weight excluding hydrogens is 256 g/mol. The summed E-state index contributed by atoms with van der Waals surface area (Å²) in [5.74, 6) is 0.207. The Labute approximate surface area is 123 Å². The molecule has 0 bridgehead atoms. The normalized spacial score (nSPS) is 20.6. The van der Waals surface area contributed by atoms with E-state index < -0.39 is 0 Å². The molecule has 0 saturated carbocycles. The van der Waals surface area contributed by atoms with E-state index in [0.29, 0.717) is 32.2 Å². The van der Waals surface area contributed by atoms with Crippen LogP contribution in [0.4, 0.5) is 0 Å². The number of nitrogens with zero attached hydrogens (tertiary/aromatic N) is 1. The van der Waals surface area contributed by atoms with Crippen molar-refractivity contribution in [3.05, 3.63) is 0 Å². The van der Waals surface area contributed by atoms with Crippen LogP contribution in [0.1, 0.15) is 39.0 Å². The minimum atomic E-state index is 0.0990. The van der Waals surface area contributed by atoms with Crippen molar-refractivity contribution in [2.24, 2.45) is 0 Å². The van der Waals surface area contributed by atoms with Crippen molar-refractivity contribution in [1.29, 1.82) is 0 Å². The quantitative estimate of drug-likeness (QED) is 0.696. The highest BCUT2D eigenvalue weighted by Gasteiger charge is 2.21. The average Bonchev–Trinajstić information content (AvgIpc) is 2.47. The van der Waals surface area contributed by atoms with Crippen molar-refractivity contribution >= 4 is 5.91 Å². The Morgan fingerprint density at radius 2 is 2.15 bits per heavy atom. The van der Waals surface area contributed by atoms with Crippen molar-refractivity contribution in [2.45, 2.75) is 51.1 Å². The summed E-state index contributed by atoms with van der Waals surface area (Å²) in [5, 5.41) is 3.49. The Bertz CT molecular complexity index is 268. The predicted molar refractivity (Wildman–Crippen MR) is 79.8 cm³/mol. The largest absolute Gasteiger partial charge is 0.383 e. The zero-order chi connectivity index (χ0) is 14.8. The third-order valence-corrected chi connectivity index (χ3v) is 3.92. The fourth-order valence-electron chi connectivity index (χ4n) is 2.72. The molecule has 20 heavy (non-hydrogen) atoms. The molecule has 0 spiro atoms. The number of carbonyl (C=O) groups excluding carboxylic acids is 1.